The van der Waals surface area contributed by atoms with Crippen molar-refractivity contribution in [3.63, 3.8) is 0 Å². The third-order valence-corrected chi connectivity index (χ3v) is 10.3. The molecule has 0 unspecified atom stereocenters. The molecular formula is C48H31N7. The summed E-state index contributed by atoms with van der Waals surface area (Å²) in [7, 11) is 0. The first-order valence-corrected chi connectivity index (χ1v) is 18.3. The van der Waals surface area contributed by atoms with Crippen LogP contribution in [0.2, 0.25) is 0 Å². The average Bonchev–Trinajstić information content (AvgIpc) is 3.92. The maximum atomic E-state index is 5.44. The molecule has 7 aromatic carbocycles. The highest BCUT2D eigenvalue weighted by Gasteiger charge is 2.25. The van der Waals surface area contributed by atoms with Crippen LogP contribution in [-0.2, 0) is 0 Å². The zero-order valence-corrected chi connectivity index (χ0v) is 29.5. The highest BCUT2D eigenvalue weighted by Crippen LogP contribution is 2.40. The molecule has 0 bridgehead atoms. The van der Waals surface area contributed by atoms with Gasteiger partial charge in [-0.25, -0.2) is 9.97 Å². The minimum absolute atomic E-state index is 0.564. The van der Waals surface area contributed by atoms with Crippen molar-refractivity contribution in [3.05, 3.63) is 188 Å². The second kappa shape index (κ2) is 12.5. The van der Waals surface area contributed by atoms with E-state index in [0.29, 0.717) is 17.6 Å². The highest BCUT2D eigenvalue weighted by molar-refractivity contribution is 6.10. The topological polar surface area (TPSA) is 65.8 Å². The molecule has 0 N–H and O–H groups in total. The summed E-state index contributed by atoms with van der Waals surface area (Å²) >= 11 is 0. The lowest BCUT2D eigenvalue weighted by Gasteiger charge is -2.11. The Bertz CT molecular complexity index is 3120. The molecule has 11 aromatic rings. The largest absolute Gasteiger partial charge is 0.278 e. The summed E-state index contributed by atoms with van der Waals surface area (Å²) in [4.78, 5) is 20.7. The Hall–Kier alpha value is -7.64. The summed E-state index contributed by atoms with van der Waals surface area (Å²) in [6, 6.07) is 64.9. The van der Waals surface area contributed by atoms with Crippen molar-refractivity contribution in [1.82, 2.24) is 33.5 Å². The molecule has 0 atom stereocenters. The van der Waals surface area contributed by atoms with Crippen LogP contribution in [0.5, 0.6) is 0 Å². The molecule has 0 fully saturated rings. The molecule has 0 spiro atoms. The summed E-state index contributed by atoms with van der Waals surface area (Å²) in [5.74, 6) is 2.66. The molecular weight excluding hydrogens is 675 g/mol. The van der Waals surface area contributed by atoms with Gasteiger partial charge in [-0.3, -0.25) is 13.5 Å². The van der Waals surface area contributed by atoms with E-state index < -0.39 is 0 Å². The summed E-state index contributed by atoms with van der Waals surface area (Å²) in [5.41, 5.74) is 11.2. The zero-order chi connectivity index (χ0) is 36.3. The fourth-order valence-electron chi connectivity index (χ4n) is 7.86. The van der Waals surface area contributed by atoms with E-state index in [-0.39, 0.29) is 0 Å². The van der Waals surface area contributed by atoms with Gasteiger partial charge in [0.1, 0.15) is 0 Å². The molecule has 7 heteroatoms. The van der Waals surface area contributed by atoms with Crippen LogP contribution < -0.4 is 0 Å². The summed E-state index contributed by atoms with van der Waals surface area (Å²) in [6.45, 7) is 0. The predicted molar refractivity (Wildman–Crippen MR) is 221 cm³/mol. The standard InChI is InChI=1S/C48H31N7/c1-5-17-32(18-6-1)43-44(55-42-28-16-15-27-41(42)53(48(55)49-43)36-23-11-4-12-24-36)35-29-30-40-38(31-35)37-25-13-14-26-39(37)54(40)47-51-45(33-19-7-2-8-20-33)50-46(52-47)34-21-9-3-10-22-34/h1-31H. The molecule has 4 heterocycles. The quantitative estimate of drug-likeness (QED) is 0.173. The van der Waals surface area contributed by atoms with Crippen molar-refractivity contribution < 1.29 is 0 Å². The van der Waals surface area contributed by atoms with Gasteiger partial charge >= 0.3 is 0 Å². The number of aromatic nitrogens is 7. The number of para-hydroxylation sites is 4. The first-order valence-electron chi connectivity index (χ1n) is 18.3. The van der Waals surface area contributed by atoms with E-state index in [4.69, 9.17) is 19.9 Å². The molecule has 4 aromatic heterocycles. The number of nitrogens with zero attached hydrogens (tertiary/aromatic N) is 7. The average molecular weight is 706 g/mol. The van der Waals surface area contributed by atoms with Gasteiger partial charge in [-0.15, -0.1) is 0 Å². The Morgan fingerprint density at radius 1 is 0.345 bits per heavy atom. The maximum Gasteiger partial charge on any atom is 0.238 e. The van der Waals surface area contributed by atoms with Gasteiger partial charge in [0, 0.05) is 38.7 Å². The lowest BCUT2D eigenvalue weighted by atomic mass is 10.0. The van der Waals surface area contributed by atoms with Gasteiger partial charge in [0.25, 0.3) is 0 Å². The van der Waals surface area contributed by atoms with Crippen LogP contribution in [0.25, 0.3) is 95.5 Å². The SMILES string of the molecule is c1ccc(-c2nc(-c3ccccc3)nc(-n3c4ccccc4c4cc(-c5c(-c6ccccc6)nc6n(-c7ccccc7)c7ccccc7n56)ccc43)n2)cc1. The van der Waals surface area contributed by atoms with Crippen molar-refractivity contribution >= 4 is 38.6 Å². The van der Waals surface area contributed by atoms with Crippen molar-refractivity contribution in [1.29, 1.82) is 0 Å². The van der Waals surface area contributed by atoms with Crippen molar-refractivity contribution in [3.8, 4) is 56.9 Å². The molecule has 0 radical (unpaired) electrons. The molecule has 0 saturated carbocycles. The Balaban J connectivity index is 1.19. The number of fused-ring (bicyclic) bond motifs is 6. The number of hydrogen-bond acceptors (Lipinski definition) is 4. The smallest absolute Gasteiger partial charge is 0.238 e. The van der Waals surface area contributed by atoms with E-state index >= 15 is 0 Å². The molecule has 0 aliphatic carbocycles. The molecule has 0 aliphatic heterocycles. The molecule has 55 heavy (non-hydrogen) atoms. The maximum absolute atomic E-state index is 5.44. The van der Waals surface area contributed by atoms with E-state index in [1.54, 1.807) is 0 Å². The minimum atomic E-state index is 0.564. The second-order valence-electron chi connectivity index (χ2n) is 13.6. The van der Waals surface area contributed by atoms with Crippen LogP contribution in [-0.4, -0.2) is 33.5 Å². The lowest BCUT2D eigenvalue weighted by molar-refractivity contribution is 0.953. The van der Waals surface area contributed by atoms with E-state index in [0.717, 1.165) is 77.9 Å². The Morgan fingerprint density at radius 2 is 0.873 bits per heavy atom. The van der Waals surface area contributed by atoms with Crippen LogP contribution in [0.15, 0.2) is 188 Å². The Kier molecular flexibility index (Phi) is 7.03. The fraction of sp³-hybridized carbons (Fsp3) is 0. The van der Waals surface area contributed by atoms with Gasteiger partial charge in [-0.05, 0) is 42.5 Å². The predicted octanol–water partition coefficient (Wildman–Crippen LogP) is 11.2. The van der Waals surface area contributed by atoms with E-state index in [2.05, 4.69) is 129 Å². The van der Waals surface area contributed by atoms with Crippen LogP contribution in [0.4, 0.5) is 0 Å². The van der Waals surface area contributed by atoms with Crippen molar-refractivity contribution in [2.45, 2.75) is 0 Å². The second-order valence-corrected chi connectivity index (χ2v) is 13.6. The molecule has 0 aliphatic rings. The van der Waals surface area contributed by atoms with Crippen LogP contribution in [0.1, 0.15) is 0 Å². The lowest BCUT2D eigenvalue weighted by Crippen LogP contribution is -2.06. The van der Waals surface area contributed by atoms with E-state index in [1.165, 1.54) is 0 Å². The van der Waals surface area contributed by atoms with Crippen LogP contribution >= 0.6 is 0 Å². The number of imidazole rings is 2. The molecule has 7 nitrogen and oxygen atoms in total. The van der Waals surface area contributed by atoms with Crippen molar-refractivity contribution in [2.75, 3.05) is 0 Å². The third kappa shape index (κ3) is 4.98. The minimum Gasteiger partial charge on any atom is -0.278 e. The number of benzene rings is 7. The molecule has 0 saturated heterocycles. The van der Waals surface area contributed by atoms with Gasteiger partial charge in [0.2, 0.25) is 11.7 Å². The summed E-state index contributed by atoms with van der Waals surface area (Å²) < 4.78 is 6.74. The Labute approximate surface area is 316 Å². The van der Waals surface area contributed by atoms with Gasteiger partial charge in [-0.2, -0.15) is 9.97 Å². The van der Waals surface area contributed by atoms with Crippen LogP contribution in [0, 0.1) is 0 Å². The van der Waals surface area contributed by atoms with Crippen molar-refractivity contribution in [2.24, 2.45) is 0 Å². The van der Waals surface area contributed by atoms with Gasteiger partial charge in [0.05, 0.1) is 33.5 Å². The highest BCUT2D eigenvalue weighted by atomic mass is 15.2. The number of hydrogen-bond donors (Lipinski definition) is 0. The monoisotopic (exact) mass is 705 g/mol. The first-order chi connectivity index (χ1) is 27.3. The third-order valence-electron chi connectivity index (χ3n) is 10.3. The van der Waals surface area contributed by atoms with Gasteiger partial charge in [-0.1, -0.05) is 146 Å². The summed E-state index contributed by atoms with van der Waals surface area (Å²) in [6.07, 6.45) is 0. The van der Waals surface area contributed by atoms with Gasteiger partial charge < -0.3 is 0 Å². The van der Waals surface area contributed by atoms with Gasteiger partial charge in [0.15, 0.2) is 11.6 Å². The normalized spacial score (nSPS) is 11.6. The van der Waals surface area contributed by atoms with E-state index in [9.17, 15) is 0 Å². The molecule has 258 valence electrons. The fourth-order valence-corrected chi connectivity index (χ4v) is 7.86. The van der Waals surface area contributed by atoms with Crippen LogP contribution in [0.3, 0.4) is 0 Å². The Morgan fingerprint density at radius 3 is 1.53 bits per heavy atom. The van der Waals surface area contributed by atoms with E-state index in [1.807, 2.05) is 72.8 Å². The summed E-state index contributed by atoms with van der Waals surface area (Å²) in [5, 5.41) is 2.20. The first kappa shape index (κ1) is 30.9. The zero-order valence-electron chi connectivity index (χ0n) is 29.5. The molecule has 11 rings (SSSR count). The molecule has 0 amide bonds. The number of rotatable bonds is 6.